The van der Waals surface area contributed by atoms with E-state index in [-0.39, 0.29) is 23.3 Å². The summed E-state index contributed by atoms with van der Waals surface area (Å²) in [5.74, 6) is 2.03. The molecule has 10 heteroatoms. The molecule has 1 aromatic heterocycles. The summed E-state index contributed by atoms with van der Waals surface area (Å²) in [4.78, 5) is 37.4. The molecule has 4 aromatic rings. The predicted octanol–water partition coefficient (Wildman–Crippen LogP) is 7.74. The number of unbranched alkanes of at least 4 members (excludes halogenated alkanes) is 7. The molecule has 0 unspecified atom stereocenters. The number of amides is 1. The van der Waals surface area contributed by atoms with E-state index in [1.807, 2.05) is 29.3 Å². The number of methoxy groups -OCH3 is 1. The van der Waals surface area contributed by atoms with E-state index in [9.17, 15) is 14.0 Å². The van der Waals surface area contributed by atoms with Gasteiger partial charge in [-0.25, -0.2) is 9.37 Å². The number of rotatable bonds is 15. The van der Waals surface area contributed by atoms with Crippen molar-refractivity contribution in [2.24, 2.45) is 4.99 Å². The number of benzene rings is 3. The highest BCUT2D eigenvalue weighted by atomic mass is 19.1. The van der Waals surface area contributed by atoms with Crippen molar-refractivity contribution >= 4 is 28.7 Å². The second-order valence-corrected chi connectivity index (χ2v) is 12.5. The lowest BCUT2D eigenvalue weighted by atomic mass is 10.1. The van der Waals surface area contributed by atoms with Crippen LogP contribution in [0.5, 0.6) is 17.2 Å². The van der Waals surface area contributed by atoms with Gasteiger partial charge in [0, 0.05) is 18.8 Å². The molecule has 2 aliphatic rings. The van der Waals surface area contributed by atoms with Crippen molar-refractivity contribution in [1.82, 2.24) is 14.5 Å². The lowest BCUT2D eigenvalue weighted by Gasteiger charge is -2.20. The second kappa shape index (κ2) is 15.4. The molecule has 3 aromatic carbocycles. The number of aryl methyl sites for hydroxylation is 1. The number of aromatic nitrogens is 2. The van der Waals surface area contributed by atoms with E-state index in [0.717, 1.165) is 57.9 Å². The van der Waals surface area contributed by atoms with Gasteiger partial charge in [0.1, 0.15) is 17.4 Å². The Labute approximate surface area is 280 Å². The number of hydrogen-bond donors (Lipinski definition) is 0. The minimum absolute atomic E-state index is 0.0113. The summed E-state index contributed by atoms with van der Waals surface area (Å²) >= 11 is 0. The van der Waals surface area contributed by atoms with E-state index in [4.69, 9.17) is 14.2 Å². The molecule has 0 aliphatic carbocycles. The van der Waals surface area contributed by atoms with Crippen LogP contribution in [0, 0.1) is 12.7 Å². The summed E-state index contributed by atoms with van der Waals surface area (Å²) in [6.45, 7) is 3.70. The first-order chi connectivity index (χ1) is 23.4. The van der Waals surface area contributed by atoms with Gasteiger partial charge in [-0.3, -0.25) is 19.1 Å². The molecular weight excluding hydrogens is 611 g/mol. The van der Waals surface area contributed by atoms with Crippen LogP contribution in [0.3, 0.4) is 0 Å². The molecule has 48 heavy (non-hydrogen) atoms. The standard InChI is InChI=1S/C38H43FN4O5/c1-26-41-33-18-17-30(22-31(33)38(45)43(26)28-15-13-27(39)14-16-28)47-20-9-7-5-3-4-6-8-10-21-48-36-24-34-32(23-35(36)46-2)37(44)42-19-11-12-29(42)25-40-34/h13-18,22-25,29H,3-12,19-21H2,1-2H3/t29-/m0/s1. The van der Waals surface area contributed by atoms with Gasteiger partial charge in [0.15, 0.2) is 11.5 Å². The molecule has 0 N–H and O–H groups in total. The first-order valence-electron chi connectivity index (χ1n) is 17.0. The molecule has 1 fully saturated rings. The number of carbonyl (C=O) groups excluding carboxylic acids is 1. The molecule has 0 bridgehead atoms. The molecular formula is C38H43FN4O5. The zero-order valence-corrected chi connectivity index (χ0v) is 27.8. The largest absolute Gasteiger partial charge is 0.494 e. The van der Waals surface area contributed by atoms with E-state index in [1.165, 1.54) is 29.5 Å². The maximum Gasteiger partial charge on any atom is 0.266 e. The van der Waals surface area contributed by atoms with Crippen LogP contribution in [0.1, 0.15) is 80.4 Å². The van der Waals surface area contributed by atoms with Gasteiger partial charge < -0.3 is 19.1 Å². The molecule has 9 nitrogen and oxygen atoms in total. The lowest BCUT2D eigenvalue weighted by molar-refractivity contribution is 0.0774. The van der Waals surface area contributed by atoms with Crippen LogP contribution >= 0.6 is 0 Å². The molecule has 1 atom stereocenters. The minimum Gasteiger partial charge on any atom is -0.494 e. The molecule has 2 aliphatic heterocycles. The van der Waals surface area contributed by atoms with Crippen LogP contribution in [0.2, 0.25) is 0 Å². The molecule has 1 amide bonds. The van der Waals surface area contributed by atoms with Gasteiger partial charge in [-0.15, -0.1) is 0 Å². The van der Waals surface area contributed by atoms with Crippen molar-refractivity contribution < 1.29 is 23.4 Å². The Hall–Kier alpha value is -4.73. The highest BCUT2D eigenvalue weighted by molar-refractivity contribution is 6.03. The van der Waals surface area contributed by atoms with Gasteiger partial charge in [0.2, 0.25) is 0 Å². The first kappa shape index (κ1) is 33.2. The molecule has 6 rings (SSSR count). The number of hydrogen-bond acceptors (Lipinski definition) is 7. The summed E-state index contributed by atoms with van der Waals surface area (Å²) in [5.41, 5.74) is 2.19. The van der Waals surface area contributed by atoms with E-state index in [1.54, 1.807) is 38.3 Å². The number of nitrogens with zero attached hydrogens (tertiary/aromatic N) is 4. The van der Waals surface area contributed by atoms with Crippen LogP contribution in [0.25, 0.3) is 16.6 Å². The van der Waals surface area contributed by atoms with E-state index >= 15 is 0 Å². The van der Waals surface area contributed by atoms with Crippen LogP contribution in [-0.2, 0) is 0 Å². The minimum atomic E-state index is -0.355. The summed E-state index contributed by atoms with van der Waals surface area (Å²) in [6.07, 6.45) is 12.5. The van der Waals surface area contributed by atoms with Gasteiger partial charge in [-0.2, -0.15) is 0 Å². The van der Waals surface area contributed by atoms with Gasteiger partial charge in [0.05, 0.1) is 54.2 Å². The fourth-order valence-corrected chi connectivity index (χ4v) is 6.52. The van der Waals surface area contributed by atoms with Crippen molar-refractivity contribution in [2.45, 2.75) is 77.2 Å². The normalized spacial score (nSPS) is 15.4. The first-order valence-corrected chi connectivity index (χ1v) is 17.0. The Morgan fingerprint density at radius 3 is 2.29 bits per heavy atom. The van der Waals surface area contributed by atoms with E-state index in [2.05, 4.69) is 9.98 Å². The number of ether oxygens (including phenoxy) is 3. The third kappa shape index (κ3) is 7.53. The molecule has 0 saturated carbocycles. The quantitative estimate of drug-likeness (QED) is 0.122. The zero-order valence-electron chi connectivity index (χ0n) is 27.8. The van der Waals surface area contributed by atoms with Crippen molar-refractivity contribution in [3.8, 4) is 22.9 Å². The third-order valence-corrected chi connectivity index (χ3v) is 9.12. The molecule has 252 valence electrons. The fraction of sp³-hybridized carbons (Fsp3) is 0.421. The van der Waals surface area contributed by atoms with Crippen molar-refractivity contribution in [2.75, 3.05) is 26.9 Å². The molecule has 0 spiro atoms. The number of halogens is 1. The van der Waals surface area contributed by atoms with Crippen LogP contribution in [-0.4, -0.2) is 59.5 Å². The third-order valence-electron chi connectivity index (χ3n) is 9.12. The van der Waals surface area contributed by atoms with E-state index in [0.29, 0.717) is 64.1 Å². The maximum absolute atomic E-state index is 13.4. The highest BCUT2D eigenvalue weighted by Crippen LogP contribution is 2.38. The Kier molecular flexibility index (Phi) is 10.7. The van der Waals surface area contributed by atoms with Crippen molar-refractivity contribution in [1.29, 1.82) is 0 Å². The SMILES string of the molecule is COc1cc2c(cc1OCCCCCCCCCCOc1ccc3nc(C)n(-c4ccc(F)cc4)c(=O)c3c1)N=C[C@@H]1CCCN1C2=O. The molecule has 3 heterocycles. The second-order valence-electron chi connectivity index (χ2n) is 12.5. The van der Waals surface area contributed by atoms with Crippen molar-refractivity contribution in [3.63, 3.8) is 0 Å². The average molecular weight is 655 g/mol. The number of aliphatic imine (C=N–C) groups is 1. The Morgan fingerprint density at radius 1 is 0.854 bits per heavy atom. The molecule has 1 saturated heterocycles. The predicted molar refractivity (Wildman–Crippen MR) is 185 cm³/mol. The van der Waals surface area contributed by atoms with Crippen LogP contribution in [0.15, 0.2) is 64.4 Å². The number of carbonyl (C=O) groups is 1. The monoisotopic (exact) mass is 654 g/mol. The average Bonchev–Trinajstić information content (AvgIpc) is 3.52. The fourth-order valence-electron chi connectivity index (χ4n) is 6.52. The Bertz CT molecular complexity index is 1840. The van der Waals surface area contributed by atoms with Crippen LogP contribution < -0.4 is 19.8 Å². The Balaban J connectivity index is 0.876. The van der Waals surface area contributed by atoms with Crippen molar-refractivity contribution in [3.05, 3.63) is 82.2 Å². The van der Waals surface area contributed by atoms with Gasteiger partial charge in [-0.1, -0.05) is 38.5 Å². The van der Waals surface area contributed by atoms with E-state index < -0.39 is 0 Å². The van der Waals surface area contributed by atoms with Crippen LogP contribution in [0.4, 0.5) is 10.1 Å². The number of fused-ring (bicyclic) bond motifs is 3. The van der Waals surface area contributed by atoms with Gasteiger partial charge >= 0.3 is 0 Å². The summed E-state index contributed by atoms with van der Waals surface area (Å²) < 4.78 is 32.5. The topological polar surface area (TPSA) is 95.2 Å². The summed E-state index contributed by atoms with van der Waals surface area (Å²) in [5, 5.41) is 0.468. The van der Waals surface area contributed by atoms with Gasteiger partial charge in [0.25, 0.3) is 11.5 Å². The Morgan fingerprint density at radius 2 is 1.56 bits per heavy atom. The maximum atomic E-state index is 13.4. The summed E-state index contributed by atoms with van der Waals surface area (Å²) in [6, 6.07) is 14.9. The zero-order chi connectivity index (χ0) is 33.5. The molecule has 0 radical (unpaired) electrons. The highest BCUT2D eigenvalue weighted by Gasteiger charge is 2.32. The summed E-state index contributed by atoms with van der Waals surface area (Å²) in [7, 11) is 1.60. The smallest absolute Gasteiger partial charge is 0.266 e. The lowest BCUT2D eigenvalue weighted by Crippen LogP contribution is -2.35. The van der Waals surface area contributed by atoms with Gasteiger partial charge in [-0.05, 0) is 81.1 Å².